The highest BCUT2D eigenvalue weighted by atomic mass is 127. The average Bonchev–Trinajstić information content (AvgIpc) is 2.61. The summed E-state index contributed by atoms with van der Waals surface area (Å²) >= 11 is 2.21. The van der Waals surface area contributed by atoms with E-state index in [1.807, 2.05) is 19.9 Å². The summed E-state index contributed by atoms with van der Waals surface area (Å²) in [5, 5.41) is 22.8. The Labute approximate surface area is 162 Å². The first-order chi connectivity index (χ1) is 12.0. The predicted octanol–water partition coefficient (Wildman–Crippen LogP) is 5.29. The topological polar surface area (TPSA) is 88.8 Å². The van der Waals surface area contributed by atoms with Crippen molar-refractivity contribution in [3.8, 4) is 6.07 Å². The fourth-order valence-electron chi connectivity index (χ4n) is 2.60. The molecule has 0 aliphatic rings. The van der Waals surface area contributed by atoms with Gasteiger partial charge in [0.25, 0.3) is 5.91 Å². The van der Waals surface area contributed by atoms with Gasteiger partial charge >= 0.3 is 0 Å². The van der Waals surface area contributed by atoms with Gasteiger partial charge in [0.2, 0.25) is 0 Å². The van der Waals surface area contributed by atoms with Gasteiger partial charge in [-0.2, -0.15) is 5.26 Å². The molecular weight excluding hydrogens is 446 g/mol. The summed E-state index contributed by atoms with van der Waals surface area (Å²) in [6, 6.07) is 12.7. The van der Waals surface area contributed by atoms with Gasteiger partial charge in [0.1, 0.15) is 0 Å². The highest BCUT2D eigenvalue weighted by molar-refractivity contribution is 14.2. The van der Waals surface area contributed by atoms with Gasteiger partial charge in [0.05, 0.1) is 11.6 Å². The lowest BCUT2D eigenvalue weighted by atomic mass is 9.92. The maximum Gasteiger partial charge on any atom is 0.255 e. The summed E-state index contributed by atoms with van der Waals surface area (Å²) < 4.78 is 0. The molecule has 0 aliphatic carbocycles. The average molecular weight is 464 g/mol. The van der Waals surface area contributed by atoms with Crippen molar-refractivity contribution >= 4 is 51.9 Å². The minimum Gasteiger partial charge on any atom is -0.358 e. The molecule has 7 heteroatoms. The van der Waals surface area contributed by atoms with Gasteiger partial charge in [-0.3, -0.25) is 4.79 Å². The van der Waals surface area contributed by atoms with Gasteiger partial charge in [0.15, 0.2) is 0 Å². The van der Waals surface area contributed by atoms with Crippen molar-refractivity contribution in [2.45, 2.75) is 19.8 Å². The zero-order valence-corrected chi connectivity index (χ0v) is 17.0. The number of nitrogens with zero attached hydrogens (tertiary/aromatic N) is 1. The smallest absolute Gasteiger partial charge is 0.255 e. The molecule has 0 radical (unpaired) electrons. The Morgan fingerprint density at radius 3 is 2.72 bits per heavy atom. The minimum atomic E-state index is -0.244. The Hall–Kier alpha value is -1.97. The van der Waals surface area contributed by atoms with E-state index in [0.29, 0.717) is 23.2 Å². The lowest BCUT2D eigenvalue weighted by Gasteiger charge is -2.15. The SMILES string of the molecule is CC(C)c1c(C#N)cccc1C(=O)Nc1ccc(C=N)c(NPI)c1. The number of rotatable bonds is 6. The molecule has 2 rings (SSSR count). The first-order valence-electron chi connectivity index (χ1n) is 7.62. The largest absolute Gasteiger partial charge is 0.358 e. The molecule has 1 unspecified atom stereocenters. The number of nitrogens with one attached hydrogen (secondary N) is 3. The number of benzene rings is 2. The maximum atomic E-state index is 12.7. The minimum absolute atomic E-state index is 0.0642. The molecule has 0 aromatic heterocycles. The van der Waals surface area contributed by atoms with Gasteiger partial charge in [-0.05, 0) is 63.9 Å². The zero-order chi connectivity index (χ0) is 18.4. The van der Waals surface area contributed by atoms with Crippen LogP contribution in [0.3, 0.4) is 0 Å². The Bertz CT molecular complexity index is 845. The maximum absolute atomic E-state index is 12.7. The van der Waals surface area contributed by atoms with E-state index in [9.17, 15) is 10.1 Å². The van der Waals surface area contributed by atoms with Crippen LogP contribution < -0.4 is 10.4 Å². The molecule has 0 aliphatic heterocycles. The molecule has 5 nitrogen and oxygen atoms in total. The molecule has 0 bridgehead atoms. The van der Waals surface area contributed by atoms with E-state index in [4.69, 9.17) is 5.41 Å². The highest BCUT2D eigenvalue weighted by Gasteiger charge is 2.17. The number of hydrogen-bond donors (Lipinski definition) is 3. The molecular formula is C18H18IN4OP. The van der Waals surface area contributed by atoms with Crippen LogP contribution in [0.5, 0.6) is 0 Å². The zero-order valence-electron chi connectivity index (χ0n) is 13.9. The van der Waals surface area contributed by atoms with Gasteiger partial charge in [0, 0.05) is 35.1 Å². The molecule has 0 saturated heterocycles. The molecule has 0 heterocycles. The van der Waals surface area contributed by atoms with Gasteiger partial charge in [-0.25, -0.2) is 0 Å². The lowest BCUT2D eigenvalue weighted by Crippen LogP contribution is -2.16. The summed E-state index contributed by atoms with van der Waals surface area (Å²) in [6.07, 6.45) is 1.74. The van der Waals surface area contributed by atoms with Crippen LogP contribution in [0.4, 0.5) is 11.4 Å². The molecule has 0 spiro atoms. The van der Waals surface area contributed by atoms with Crippen molar-refractivity contribution in [3.05, 3.63) is 58.7 Å². The second-order valence-electron chi connectivity index (χ2n) is 5.65. The molecule has 0 fully saturated rings. The number of carbonyl (C=O) groups excluding carboxylic acids is 1. The summed E-state index contributed by atoms with van der Waals surface area (Å²) in [5.41, 5.74) is 3.99. The predicted molar refractivity (Wildman–Crippen MR) is 113 cm³/mol. The molecule has 0 saturated carbocycles. The summed E-state index contributed by atoms with van der Waals surface area (Å²) in [6.45, 7) is 3.93. The number of nitriles is 1. The lowest BCUT2D eigenvalue weighted by molar-refractivity contribution is 0.102. The first kappa shape index (κ1) is 19.4. The third kappa shape index (κ3) is 4.56. The second-order valence-corrected chi connectivity index (χ2v) is 7.71. The quantitative estimate of drug-likeness (QED) is 0.309. The van der Waals surface area contributed by atoms with Crippen LogP contribution in [0.2, 0.25) is 0 Å². The number of amides is 1. The highest BCUT2D eigenvalue weighted by Crippen LogP contribution is 2.29. The molecule has 2 aromatic carbocycles. The van der Waals surface area contributed by atoms with E-state index in [1.165, 1.54) is 6.21 Å². The standard InChI is InChI=1S/C18H18IN4OP/c1-11(2)17-13(10-21)4-3-5-15(17)18(24)22-14-7-6-12(9-20)16(8-14)23-25-19/h3-9,11,20,23,25H,1-2H3,(H,22,24). The van der Waals surface area contributed by atoms with Crippen LogP contribution in [-0.2, 0) is 0 Å². The molecule has 1 atom stereocenters. The van der Waals surface area contributed by atoms with E-state index in [1.54, 1.807) is 30.3 Å². The van der Waals surface area contributed by atoms with Crippen LogP contribution >= 0.6 is 28.4 Å². The van der Waals surface area contributed by atoms with Gasteiger partial charge in [-0.15, -0.1) is 0 Å². The van der Waals surface area contributed by atoms with Gasteiger partial charge < -0.3 is 15.8 Å². The molecule has 3 N–H and O–H groups in total. The van der Waals surface area contributed by atoms with E-state index in [0.717, 1.165) is 16.8 Å². The Kier molecular flexibility index (Phi) is 6.91. The van der Waals surface area contributed by atoms with Crippen molar-refractivity contribution < 1.29 is 4.79 Å². The van der Waals surface area contributed by atoms with Crippen molar-refractivity contribution in [2.75, 3.05) is 10.4 Å². The van der Waals surface area contributed by atoms with E-state index < -0.39 is 0 Å². The summed E-state index contributed by atoms with van der Waals surface area (Å²) in [4.78, 5) is 12.7. The van der Waals surface area contributed by atoms with Crippen molar-refractivity contribution in [2.24, 2.45) is 0 Å². The monoisotopic (exact) mass is 464 g/mol. The molecule has 128 valence electrons. The van der Waals surface area contributed by atoms with E-state index in [2.05, 4.69) is 38.5 Å². The van der Waals surface area contributed by atoms with E-state index >= 15 is 0 Å². The van der Waals surface area contributed by atoms with E-state index in [-0.39, 0.29) is 11.8 Å². The fourth-order valence-corrected chi connectivity index (χ4v) is 3.79. The summed E-state index contributed by atoms with van der Waals surface area (Å²) in [7, 11) is 0. The fraction of sp³-hybridized carbons (Fsp3) is 0.167. The number of halogens is 1. The third-order valence-corrected chi connectivity index (χ3v) is 4.87. The van der Waals surface area contributed by atoms with Crippen molar-refractivity contribution in [3.63, 3.8) is 0 Å². The number of hydrogen-bond acceptors (Lipinski definition) is 4. The van der Waals surface area contributed by atoms with Crippen LogP contribution in [0.15, 0.2) is 36.4 Å². The number of anilines is 2. The van der Waals surface area contributed by atoms with Crippen LogP contribution in [0.1, 0.15) is 46.8 Å². The Balaban J connectivity index is 2.36. The molecule has 1 amide bonds. The van der Waals surface area contributed by atoms with Crippen LogP contribution in [-0.4, -0.2) is 12.1 Å². The Morgan fingerprint density at radius 2 is 2.12 bits per heavy atom. The van der Waals surface area contributed by atoms with Crippen molar-refractivity contribution in [1.29, 1.82) is 10.7 Å². The second kappa shape index (κ2) is 8.93. The van der Waals surface area contributed by atoms with Crippen molar-refractivity contribution in [1.82, 2.24) is 0 Å². The Morgan fingerprint density at radius 1 is 1.36 bits per heavy atom. The normalized spacial score (nSPS) is 10.7. The van der Waals surface area contributed by atoms with Crippen LogP contribution in [0.25, 0.3) is 0 Å². The van der Waals surface area contributed by atoms with Crippen LogP contribution in [0, 0.1) is 16.7 Å². The molecule has 25 heavy (non-hydrogen) atoms. The van der Waals surface area contributed by atoms with Gasteiger partial charge in [-0.1, -0.05) is 19.9 Å². The molecule has 2 aromatic rings. The third-order valence-electron chi connectivity index (χ3n) is 3.70. The summed E-state index contributed by atoms with van der Waals surface area (Å²) in [5.74, 6) is -0.180. The number of carbonyl (C=O) groups is 1. The first-order valence-corrected chi connectivity index (χ1v) is 11.7.